The molecular weight excluding hydrogens is 280 g/mol. The third kappa shape index (κ3) is 3.62. The number of carbonyl (C=O) groups excluding carboxylic acids is 1. The number of dihydropyridines is 1. The molecule has 6 N–H and O–H groups in total. The molecule has 0 saturated heterocycles. The third-order valence-electron chi connectivity index (χ3n) is 4.82. The third-order valence-corrected chi connectivity index (χ3v) is 4.82. The number of amides is 1. The zero-order chi connectivity index (χ0) is 15.5. The van der Waals surface area contributed by atoms with Crippen molar-refractivity contribution in [1.82, 2.24) is 16.0 Å². The van der Waals surface area contributed by atoms with Gasteiger partial charge >= 0.3 is 0 Å². The van der Waals surface area contributed by atoms with Crippen LogP contribution in [0.3, 0.4) is 0 Å². The maximum atomic E-state index is 11.6. The summed E-state index contributed by atoms with van der Waals surface area (Å²) >= 11 is 0. The molecule has 0 aromatic heterocycles. The minimum atomic E-state index is -0.440. The second-order valence-electron chi connectivity index (χ2n) is 6.60. The Morgan fingerprint density at radius 2 is 1.95 bits per heavy atom. The summed E-state index contributed by atoms with van der Waals surface area (Å²) in [6.45, 7) is 0. The van der Waals surface area contributed by atoms with Crippen LogP contribution in [0.1, 0.15) is 44.9 Å². The normalized spacial score (nSPS) is 32.3. The topological polar surface area (TPSA) is 99.4 Å². The van der Waals surface area contributed by atoms with E-state index in [4.69, 9.17) is 5.73 Å². The van der Waals surface area contributed by atoms with Gasteiger partial charge in [-0.2, -0.15) is 0 Å². The van der Waals surface area contributed by atoms with Crippen LogP contribution in [0.4, 0.5) is 0 Å². The van der Waals surface area contributed by atoms with Gasteiger partial charge in [0.05, 0.1) is 17.8 Å². The monoisotopic (exact) mass is 306 g/mol. The van der Waals surface area contributed by atoms with Crippen LogP contribution in [0.15, 0.2) is 23.5 Å². The molecule has 3 rings (SSSR count). The average molecular weight is 306 g/mol. The van der Waals surface area contributed by atoms with Gasteiger partial charge in [-0.25, -0.2) is 0 Å². The van der Waals surface area contributed by atoms with E-state index in [0.717, 1.165) is 31.4 Å². The van der Waals surface area contributed by atoms with Crippen molar-refractivity contribution < 1.29 is 9.90 Å². The zero-order valence-corrected chi connectivity index (χ0v) is 12.8. The molecule has 1 aliphatic heterocycles. The second kappa shape index (κ2) is 6.71. The van der Waals surface area contributed by atoms with Crippen LogP contribution in [0, 0.1) is 0 Å². The van der Waals surface area contributed by atoms with Gasteiger partial charge in [0.2, 0.25) is 0 Å². The molecule has 122 valence electrons. The lowest BCUT2D eigenvalue weighted by molar-refractivity contribution is -0.114. The summed E-state index contributed by atoms with van der Waals surface area (Å²) in [7, 11) is 0. The molecule has 22 heavy (non-hydrogen) atoms. The molecule has 3 atom stereocenters. The van der Waals surface area contributed by atoms with Gasteiger partial charge in [0.15, 0.2) is 0 Å². The van der Waals surface area contributed by atoms with Crippen LogP contribution in [0.25, 0.3) is 0 Å². The van der Waals surface area contributed by atoms with E-state index >= 15 is 0 Å². The summed E-state index contributed by atoms with van der Waals surface area (Å²) in [5.74, 6) is -0.440. The summed E-state index contributed by atoms with van der Waals surface area (Å²) in [5, 5.41) is 19.9. The molecule has 6 nitrogen and oxygen atoms in total. The molecule has 0 spiro atoms. The smallest absolute Gasteiger partial charge is 0.252 e. The van der Waals surface area contributed by atoms with E-state index < -0.39 is 5.91 Å². The molecule has 3 unspecified atom stereocenters. The highest BCUT2D eigenvalue weighted by atomic mass is 16.3. The first-order chi connectivity index (χ1) is 10.6. The van der Waals surface area contributed by atoms with Crippen molar-refractivity contribution in [2.75, 3.05) is 0 Å². The van der Waals surface area contributed by atoms with Crippen molar-refractivity contribution in [3.8, 4) is 0 Å². The van der Waals surface area contributed by atoms with Gasteiger partial charge in [0.25, 0.3) is 5.91 Å². The minimum Gasteiger partial charge on any atom is -0.393 e. The fourth-order valence-corrected chi connectivity index (χ4v) is 3.33. The number of nitrogens with two attached hydrogens (primary N) is 1. The van der Waals surface area contributed by atoms with Crippen LogP contribution in [0.5, 0.6) is 0 Å². The molecule has 6 heteroatoms. The Bertz CT molecular complexity index is 485. The van der Waals surface area contributed by atoms with Gasteiger partial charge in [-0.3, -0.25) is 10.1 Å². The SMILES string of the molecule is NC(=O)C1=CNC(NC2CCC2)C=C1NC1CCCC(O)C1. The van der Waals surface area contributed by atoms with E-state index in [-0.39, 0.29) is 18.3 Å². The average Bonchev–Trinajstić information content (AvgIpc) is 2.43. The quantitative estimate of drug-likeness (QED) is 0.500. The standard InChI is InChI=1S/C16H26N4O2/c17-16(22)13-9-18-15(20-10-3-1-4-10)8-14(13)19-11-5-2-6-12(21)7-11/h8-12,15,18-21H,1-7H2,(H2,17,22). The minimum absolute atomic E-state index is 0.0180. The first-order valence-corrected chi connectivity index (χ1v) is 8.30. The first-order valence-electron chi connectivity index (χ1n) is 8.30. The van der Waals surface area contributed by atoms with E-state index in [1.165, 1.54) is 19.3 Å². The Labute approximate surface area is 131 Å². The summed E-state index contributed by atoms with van der Waals surface area (Å²) in [4.78, 5) is 11.6. The highest BCUT2D eigenvalue weighted by Gasteiger charge is 2.26. The Morgan fingerprint density at radius 1 is 1.23 bits per heavy atom. The number of rotatable bonds is 5. The molecule has 2 saturated carbocycles. The van der Waals surface area contributed by atoms with Crippen LogP contribution >= 0.6 is 0 Å². The summed E-state index contributed by atoms with van der Waals surface area (Å²) < 4.78 is 0. The Balaban J connectivity index is 1.66. The number of hydrogen-bond donors (Lipinski definition) is 5. The van der Waals surface area contributed by atoms with Gasteiger partial charge in [-0.15, -0.1) is 0 Å². The summed E-state index contributed by atoms with van der Waals surface area (Å²) in [6, 6.07) is 0.746. The molecule has 1 amide bonds. The largest absolute Gasteiger partial charge is 0.393 e. The predicted octanol–water partition coefficient (Wildman–Crippen LogP) is 0.204. The maximum absolute atomic E-state index is 11.6. The molecule has 0 aromatic rings. The van der Waals surface area contributed by atoms with Gasteiger partial charge < -0.3 is 21.5 Å². The first kappa shape index (κ1) is 15.4. The summed E-state index contributed by atoms with van der Waals surface area (Å²) in [5.41, 5.74) is 6.73. The Hall–Kier alpha value is -1.53. The zero-order valence-electron chi connectivity index (χ0n) is 12.8. The van der Waals surface area contributed by atoms with E-state index in [2.05, 4.69) is 16.0 Å². The fraction of sp³-hybridized carbons (Fsp3) is 0.688. The molecule has 0 radical (unpaired) electrons. The number of carbonyl (C=O) groups is 1. The van der Waals surface area contributed by atoms with Crippen molar-refractivity contribution >= 4 is 5.91 Å². The lowest BCUT2D eigenvalue weighted by Crippen LogP contribution is -2.50. The van der Waals surface area contributed by atoms with Crippen molar-refractivity contribution in [3.05, 3.63) is 23.5 Å². The van der Waals surface area contributed by atoms with Gasteiger partial charge in [0.1, 0.15) is 0 Å². The van der Waals surface area contributed by atoms with Gasteiger partial charge in [-0.1, -0.05) is 6.42 Å². The van der Waals surface area contributed by atoms with Crippen LogP contribution in [-0.4, -0.2) is 35.4 Å². The maximum Gasteiger partial charge on any atom is 0.252 e. The number of nitrogens with one attached hydrogen (secondary N) is 3. The molecular formula is C16H26N4O2. The number of aliphatic hydroxyl groups is 1. The molecule has 0 aromatic carbocycles. The van der Waals surface area contributed by atoms with Crippen molar-refractivity contribution in [2.45, 2.75) is 69.3 Å². The fourth-order valence-electron chi connectivity index (χ4n) is 3.33. The van der Waals surface area contributed by atoms with Crippen molar-refractivity contribution in [2.24, 2.45) is 5.73 Å². The molecule has 2 fully saturated rings. The van der Waals surface area contributed by atoms with Crippen molar-refractivity contribution in [3.63, 3.8) is 0 Å². The van der Waals surface area contributed by atoms with Gasteiger partial charge in [0, 0.05) is 24.0 Å². The second-order valence-corrected chi connectivity index (χ2v) is 6.60. The highest BCUT2D eigenvalue weighted by Crippen LogP contribution is 2.23. The van der Waals surface area contributed by atoms with E-state index in [9.17, 15) is 9.90 Å². The molecule has 3 aliphatic rings. The number of hydrogen-bond acceptors (Lipinski definition) is 5. The molecule has 0 bridgehead atoms. The Morgan fingerprint density at radius 3 is 2.59 bits per heavy atom. The van der Waals surface area contributed by atoms with Crippen LogP contribution in [0.2, 0.25) is 0 Å². The van der Waals surface area contributed by atoms with Crippen LogP contribution < -0.4 is 21.7 Å². The van der Waals surface area contributed by atoms with E-state index in [0.29, 0.717) is 11.6 Å². The van der Waals surface area contributed by atoms with Crippen LogP contribution in [-0.2, 0) is 4.79 Å². The van der Waals surface area contributed by atoms with Crippen molar-refractivity contribution in [1.29, 1.82) is 0 Å². The molecule has 1 heterocycles. The number of primary amides is 1. The van der Waals surface area contributed by atoms with E-state index in [1.807, 2.05) is 6.08 Å². The van der Waals surface area contributed by atoms with Gasteiger partial charge in [-0.05, 0) is 44.6 Å². The summed E-state index contributed by atoms with van der Waals surface area (Å²) in [6.07, 6.45) is 10.7. The Kier molecular flexibility index (Phi) is 4.69. The predicted molar refractivity (Wildman–Crippen MR) is 84.5 cm³/mol. The number of aliphatic hydroxyl groups excluding tert-OH is 1. The molecule has 2 aliphatic carbocycles. The highest BCUT2D eigenvalue weighted by molar-refractivity contribution is 5.96. The lowest BCUT2D eigenvalue weighted by Gasteiger charge is -2.34. The lowest BCUT2D eigenvalue weighted by atomic mass is 9.91. The van der Waals surface area contributed by atoms with E-state index in [1.54, 1.807) is 6.20 Å².